The number of nitrogens with zero attached hydrogens (tertiary/aromatic N) is 1. The van der Waals surface area contributed by atoms with Crippen molar-refractivity contribution < 1.29 is 23.3 Å². The van der Waals surface area contributed by atoms with Crippen LogP contribution in [0.2, 0.25) is 0 Å². The molecule has 3 N–H and O–H groups in total. The molecular weight excluding hydrogens is 458 g/mol. The van der Waals surface area contributed by atoms with Crippen LogP contribution in [0.5, 0.6) is 0 Å². The number of carbonyl (C=O) groups excluding carboxylic acids is 2. The van der Waals surface area contributed by atoms with Crippen molar-refractivity contribution >= 4 is 28.3 Å². The minimum absolute atomic E-state index is 0.0491. The minimum Gasteiger partial charge on any atom is -0.350 e. The molecule has 182 valence electrons. The van der Waals surface area contributed by atoms with Gasteiger partial charge in [-0.2, -0.15) is 0 Å². The zero-order chi connectivity index (χ0) is 25.0. The number of fused-ring (bicyclic) bond motifs is 1. The number of piperidine rings is 1. The molecule has 1 heterocycles. The van der Waals surface area contributed by atoms with Crippen LogP contribution in [0, 0.1) is 21.7 Å². The van der Waals surface area contributed by atoms with Crippen molar-refractivity contribution in [2.24, 2.45) is 0 Å². The van der Waals surface area contributed by atoms with E-state index in [0.717, 1.165) is 12.1 Å². The molecule has 1 aliphatic heterocycles. The Morgan fingerprint density at radius 2 is 1.69 bits per heavy atom. The molecule has 1 aliphatic rings. The second-order valence-corrected chi connectivity index (χ2v) is 8.52. The zero-order valence-corrected chi connectivity index (χ0v) is 18.8. The van der Waals surface area contributed by atoms with Crippen molar-refractivity contribution in [3.05, 3.63) is 87.5 Å². The lowest BCUT2D eigenvalue weighted by Gasteiger charge is -2.37. The topological polar surface area (TPSA) is 113 Å². The van der Waals surface area contributed by atoms with Gasteiger partial charge in [0.1, 0.15) is 17.2 Å². The van der Waals surface area contributed by atoms with Gasteiger partial charge in [0.15, 0.2) is 0 Å². The van der Waals surface area contributed by atoms with Gasteiger partial charge in [-0.1, -0.05) is 30.3 Å². The fourth-order valence-electron chi connectivity index (χ4n) is 4.42. The number of nitro groups is 1. The van der Waals surface area contributed by atoms with E-state index in [1.54, 1.807) is 30.3 Å². The number of amides is 2. The number of hydrogen-bond acceptors (Lipinski definition) is 5. The summed E-state index contributed by atoms with van der Waals surface area (Å²) in [6, 6.07) is 12.8. The molecule has 4 rings (SSSR count). The van der Waals surface area contributed by atoms with Gasteiger partial charge in [-0.25, -0.2) is 8.78 Å². The smallest absolute Gasteiger partial charge is 0.277 e. The third kappa shape index (κ3) is 5.27. The first-order chi connectivity index (χ1) is 16.8. The van der Waals surface area contributed by atoms with Crippen LogP contribution in [0.4, 0.5) is 14.5 Å². The molecule has 0 atom stereocenters. The van der Waals surface area contributed by atoms with Crippen molar-refractivity contribution in [2.75, 3.05) is 13.1 Å². The van der Waals surface area contributed by atoms with Gasteiger partial charge >= 0.3 is 0 Å². The zero-order valence-electron chi connectivity index (χ0n) is 18.8. The fraction of sp³-hybridized carbons (Fsp3) is 0.280. The quantitative estimate of drug-likeness (QED) is 0.354. The van der Waals surface area contributed by atoms with Crippen LogP contribution in [-0.4, -0.2) is 35.4 Å². The summed E-state index contributed by atoms with van der Waals surface area (Å²) in [6.07, 6.45) is 0.586. The van der Waals surface area contributed by atoms with Crippen molar-refractivity contribution in [2.45, 2.75) is 31.3 Å². The lowest BCUT2D eigenvalue weighted by Crippen LogP contribution is -2.63. The van der Waals surface area contributed by atoms with Crippen LogP contribution >= 0.6 is 0 Å². The van der Waals surface area contributed by atoms with Gasteiger partial charge in [-0.3, -0.25) is 19.7 Å². The van der Waals surface area contributed by atoms with Crippen LogP contribution in [0.15, 0.2) is 54.6 Å². The van der Waals surface area contributed by atoms with Crippen molar-refractivity contribution in [1.82, 2.24) is 16.0 Å². The Morgan fingerprint density at radius 3 is 2.37 bits per heavy atom. The molecule has 3 aromatic rings. The summed E-state index contributed by atoms with van der Waals surface area (Å²) in [5.41, 5.74) is -0.517. The fourth-order valence-corrected chi connectivity index (χ4v) is 4.42. The maximum Gasteiger partial charge on any atom is 0.277 e. The molecule has 2 amide bonds. The van der Waals surface area contributed by atoms with Gasteiger partial charge in [-0.15, -0.1) is 0 Å². The normalized spacial score (nSPS) is 14.9. The third-order valence-corrected chi connectivity index (χ3v) is 6.26. The molecule has 1 fully saturated rings. The number of halogens is 2. The van der Waals surface area contributed by atoms with E-state index < -0.39 is 33.9 Å². The molecule has 0 unspecified atom stereocenters. The molecule has 8 nitrogen and oxygen atoms in total. The van der Waals surface area contributed by atoms with E-state index in [4.69, 9.17) is 0 Å². The molecule has 0 radical (unpaired) electrons. The van der Waals surface area contributed by atoms with Crippen molar-refractivity contribution in [1.29, 1.82) is 0 Å². The number of rotatable bonds is 7. The summed E-state index contributed by atoms with van der Waals surface area (Å²) >= 11 is 0. The highest BCUT2D eigenvalue weighted by Crippen LogP contribution is 2.29. The predicted molar refractivity (Wildman–Crippen MR) is 125 cm³/mol. The lowest BCUT2D eigenvalue weighted by molar-refractivity contribution is -0.383. The van der Waals surface area contributed by atoms with Crippen LogP contribution in [-0.2, 0) is 22.6 Å². The van der Waals surface area contributed by atoms with E-state index in [1.165, 1.54) is 12.1 Å². The summed E-state index contributed by atoms with van der Waals surface area (Å²) in [5.74, 6) is -2.34. The molecular formula is C25H24F2N4O4. The highest BCUT2D eigenvalue weighted by molar-refractivity contribution is 5.97. The van der Waals surface area contributed by atoms with Gasteiger partial charge in [-0.05, 0) is 49.0 Å². The first kappa shape index (κ1) is 24.2. The Kier molecular flexibility index (Phi) is 7.02. The number of hydrogen-bond donors (Lipinski definition) is 3. The van der Waals surface area contributed by atoms with Crippen LogP contribution in [0.1, 0.15) is 24.0 Å². The van der Waals surface area contributed by atoms with E-state index in [1.807, 2.05) is 0 Å². The average Bonchev–Trinajstić information content (AvgIpc) is 2.84. The summed E-state index contributed by atoms with van der Waals surface area (Å²) in [5, 5.41) is 21.1. The second-order valence-electron chi connectivity index (χ2n) is 8.52. The Hall–Kier alpha value is -3.92. The first-order valence-electron chi connectivity index (χ1n) is 11.2. The molecule has 0 bridgehead atoms. The third-order valence-electron chi connectivity index (χ3n) is 6.26. The SMILES string of the molecule is O=C(Cc1ccc([N+](=O)[O-])c2ccccc12)NC1(C(=O)NCc2ccc(F)cc2F)CCNCC1. The van der Waals surface area contributed by atoms with Gasteiger partial charge < -0.3 is 16.0 Å². The Balaban J connectivity index is 1.52. The van der Waals surface area contributed by atoms with Gasteiger partial charge in [0, 0.05) is 24.2 Å². The number of carbonyl (C=O) groups is 2. The maximum atomic E-state index is 14.0. The Bertz CT molecular complexity index is 1290. The standard InChI is InChI=1S/C25H24F2N4O4/c26-18-7-5-17(21(27)14-18)15-29-24(33)25(9-11-28-12-10-25)30-23(32)13-16-6-8-22(31(34)35)20-4-2-1-3-19(16)20/h1-8,14,28H,9-13,15H2,(H,29,33)(H,30,32). The molecule has 3 aromatic carbocycles. The molecule has 0 aliphatic carbocycles. The summed E-state index contributed by atoms with van der Waals surface area (Å²) in [4.78, 5) is 37.1. The van der Waals surface area contributed by atoms with E-state index in [0.29, 0.717) is 42.3 Å². The second kappa shape index (κ2) is 10.1. The minimum atomic E-state index is -1.20. The largest absolute Gasteiger partial charge is 0.350 e. The van der Waals surface area contributed by atoms with Crippen LogP contribution < -0.4 is 16.0 Å². The van der Waals surface area contributed by atoms with Gasteiger partial charge in [0.2, 0.25) is 11.8 Å². The Labute approximate surface area is 199 Å². The van der Waals surface area contributed by atoms with E-state index in [2.05, 4.69) is 16.0 Å². The van der Waals surface area contributed by atoms with Crippen LogP contribution in [0.25, 0.3) is 10.8 Å². The van der Waals surface area contributed by atoms with E-state index in [9.17, 15) is 28.5 Å². The molecule has 0 saturated carbocycles. The molecule has 0 spiro atoms. The number of benzene rings is 3. The maximum absolute atomic E-state index is 14.0. The summed E-state index contributed by atoms with van der Waals surface area (Å²) < 4.78 is 27.1. The lowest BCUT2D eigenvalue weighted by atomic mass is 9.86. The average molecular weight is 482 g/mol. The molecule has 35 heavy (non-hydrogen) atoms. The number of non-ortho nitro benzene ring substituents is 1. The monoisotopic (exact) mass is 482 g/mol. The van der Waals surface area contributed by atoms with Crippen molar-refractivity contribution in [3.63, 3.8) is 0 Å². The Morgan fingerprint density at radius 1 is 1.00 bits per heavy atom. The van der Waals surface area contributed by atoms with Crippen molar-refractivity contribution in [3.8, 4) is 0 Å². The van der Waals surface area contributed by atoms with Gasteiger partial charge in [0.25, 0.3) is 5.69 Å². The predicted octanol–water partition coefficient (Wildman–Crippen LogP) is 3.12. The molecule has 1 saturated heterocycles. The van der Waals surface area contributed by atoms with Gasteiger partial charge in [0.05, 0.1) is 16.7 Å². The highest BCUT2D eigenvalue weighted by Gasteiger charge is 2.40. The van der Waals surface area contributed by atoms with E-state index in [-0.39, 0.29) is 24.2 Å². The summed E-state index contributed by atoms with van der Waals surface area (Å²) in [7, 11) is 0. The van der Waals surface area contributed by atoms with Crippen LogP contribution in [0.3, 0.4) is 0 Å². The first-order valence-corrected chi connectivity index (χ1v) is 11.2. The molecule has 0 aromatic heterocycles. The number of nitro benzene ring substituents is 1. The highest BCUT2D eigenvalue weighted by atomic mass is 19.1. The summed E-state index contributed by atoms with van der Waals surface area (Å²) in [6.45, 7) is 0.848. The number of nitrogens with one attached hydrogen (secondary N) is 3. The van der Waals surface area contributed by atoms with E-state index >= 15 is 0 Å². The molecule has 10 heteroatoms.